The number of nitrogen functional groups attached to an aromatic ring is 1. The fourth-order valence-corrected chi connectivity index (χ4v) is 2.36. The summed E-state index contributed by atoms with van der Waals surface area (Å²) in [6.45, 7) is 2.35. The number of hydrogen-bond donors (Lipinski definition) is 1. The van der Waals surface area contributed by atoms with Crippen molar-refractivity contribution in [2.24, 2.45) is 0 Å². The lowest BCUT2D eigenvalue weighted by Crippen LogP contribution is -2.03. The number of fused-ring (bicyclic) bond motifs is 1. The third kappa shape index (κ3) is 2.12. The number of nitrogens with zero attached hydrogens (tertiary/aromatic N) is 2. The highest BCUT2D eigenvalue weighted by atomic mass is 79.9. The minimum Gasteiger partial charge on any atom is -0.464 e. The summed E-state index contributed by atoms with van der Waals surface area (Å²) in [5.74, 6) is 1.60. The molecule has 2 N–H and O–H groups in total. The van der Waals surface area contributed by atoms with Crippen LogP contribution in [0.25, 0.3) is 11.0 Å². The number of aryl methyl sites for hydroxylation is 1. The predicted molar refractivity (Wildman–Crippen MR) is 74.4 cm³/mol. The van der Waals surface area contributed by atoms with Gasteiger partial charge in [0.1, 0.15) is 17.3 Å². The molecule has 0 bridgehead atoms. The predicted octanol–water partition coefficient (Wildman–Crippen LogP) is 3.47. The molecule has 1 aromatic carbocycles. The number of aromatic nitrogens is 2. The summed E-state index contributed by atoms with van der Waals surface area (Å²) in [4.78, 5) is 4.16. The monoisotopic (exact) mass is 323 g/mol. The van der Waals surface area contributed by atoms with Crippen LogP contribution in [0.3, 0.4) is 0 Å². The number of furan rings is 1. The van der Waals surface area contributed by atoms with Gasteiger partial charge in [-0.15, -0.1) is 0 Å². The molecule has 0 saturated carbocycles. The Hall–Kier alpha value is -1.82. The molecule has 2 aromatic heterocycles. The molecule has 2 heterocycles. The smallest absolute Gasteiger partial charge is 0.201 e. The Morgan fingerprint density at radius 3 is 2.89 bits per heavy atom. The first-order valence-electron chi connectivity index (χ1n) is 5.70. The average molecular weight is 324 g/mol. The third-order valence-electron chi connectivity index (χ3n) is 2.93. The van der Waals surface area contributed by atoms with Crippen molar-refractivity contribution in [1.29, 1.82) is 0 Å². The molecule has 0 atom stereocenters. The first-order chi connectivity index (χ1) is 9.04. The molecule has 0 aliphatic carbocycles. The molecule has 0 unspecified atom stereocenters. The van der Waals surface area contributed by atoms with Crippen LogP contribution in [0, 0.1) is 12.7 Å². The second kappa shape index (κ2) is 4.38. The minimum absolute atomic E-state index is 0.335. The molecule has 98 valence electrons. The molecule has 0 radical (unpaired) electrons. The molecule has 19 heavy (non-hydrogen) atoms. The zero-order valence-electron chi connectivity index (χ0n) is 10.2. The van der Waals surface area contributed by atoms with Gasteiger partial charge in [-0.3, -0.25) is 0 Å². The molecule has 6 heteroatoms. The third-order valence-corrected chi connectivity index (χ3v) is 3.54. The quantitative estimate of drug-likeness (QED) is 0.785. The maximum atomic E-state index is 13.5. The van der Waals surface area contributed by atoms with E-state index in [2.05, 4.69) is 20.9 Å². The summed E-state index contributed by atoms with van der Waals surface area (Å²) in [6, 6.07) is 6.81. The molecular weight excluding hydrogens is 313 g/mol. The lowest BCUT2D eigenvalue weighted by atomic mass is 10.3. The summed E-state index contributed by atoms with van der Waals surface area (Å²) >= 11 is 3.17. The van der Waals surface area contributed by atoms with E-state index in [1.807, 2.05) is 19.1 Å². The molecule has 0 aliphatic heterocycles. The van der Waals surface area contributed by atoms with Crippen LogP contribution >= 0.6 is 15.9 Å². The Kier molecular flexibility index (Phi) is 2.82. The van der Waals surface area contributed by atoms with Gasteiger partial charge in [-0.25, -0.2) is 9.37 Å². The van der Waals surface area contributed by atoms with Gasteiger partial charge in [0.05, 0.1) is 22.1 Å². The topological polar surface area (TPSA) is 57.0 Å². The van der Waals surface area contributed by atoms with Crippen molar-refractivity contribution in [3.63, 3.8) is 0 Å². The molecule has 0 fully saturated rings. The molecule has 0 amide bonds. The number of hydrogen-bond acceptors (Lipinski definition) is 3. The highest BCUT2D eigenvalue weighted by molar-refractivity contribution is 9.10. The molecule has 0 spiro atoms. The zero-order valence-corrected chi connectivity index (χ0v) is 11.7. The number of benzene rings is 1. The summed E-state index contributed by atoms with van der Waals surface area (Å²) in [5, 5.41) is 0. The van der Waals surface area contributed by atoms with E-state index in [1.165, 1.54) is 6.07 Å². The van der Waals surface area contributed by atoms with E-state index in [4.69, 9.17) is 10.2 Å². The van der Waals surface area contributed by atoms with E-state index in [0.717, 1.165) is 17.0 Å². The zero-order chi connectivity index (χ0) is 13.6. The van der Waals surface area contributed by atoms with Gasteiger partial charge in [-0.05, 0) is 41.1 Å². The first kappa shape index (κ1) is 12.2. The van der Waals surface area contributed by atoms with Gasteiger partial charge in [0, 0.05) is 6.07 Å². The van der Waals surface area contributed by atoms with Crippen molar-refractivity contribution in [2.45, 2.75) is 13.5 Å². The summed E-state index contributed by atoms with van der Waals surface area (Å²) in [6.07, 6.45) is 0. The van der Waals surface area contributed by atoms with Crippen LogP contribution in [0.5, 0.6) is 0 Å². The second-order valence-corrected chi connectivity index (χ2v) is 5.18. The highest BCUT2D eigenvalue weighted by Crippen LogP contribution is 2.26. The van der Waals surface area contributed by atoms with Gasteiger partial charge in [0.2, 0.25) is 5.95 Å². The maximum Gasteiger partial charge on any atom is 0.201 e. The Morgan fingerprint density at radius 2 is 2.21 bits per heavy atom. The fraction of sp³-hybridized carbons (Fsp3) is 0.154. The van der Waals surface area contributed by atoms with Gasteiger partial charge in [0.25, 0.3) is 0 Å². The largest absolute Gasteiger partial charge is 0.464 e. The molecule has 0 aliphatic rings. The SMILES string of the molecule is Cc1ccc(Cn2c(N)nc3cc(F)c(Br)cc32)o1. The second-order valence-electron chi connectivity index (χ2n) is 4.32. The van der Waals surface area contributed by atoms with Crippen LogP contribution in [0.2, 0.25) is 0 Å². The number of imidazole rings is 1. The first-order valence-corrected chi connectivity index (χ1v) is 6.50. The molecule has 0 saturated heterocycles. The standard InChI is InChI=1S/C13H11BrFN3O/c1-7-2-3-8(19-7)6-18-12-4-9(14)10(15)5-11(12)17-13(18)16/h2-5H,6H2,1H3,(H2,16,17). The molecular formula is C13H11BrFN3O. The number of halogens is 2. The van der Waals surface area contributed by atoms with Gasteiger partial charge in [-0.1, -0.05) is 0 Å². The van der Waals surface area contributed by atoms with Gasteiger partial charge in [-0.2, -0.15) is 0 Å². The maximum absolute atomic E-state index is 13.5. The lowest BCUT2D eigenvalue weighted by molar-refractivity contribution is 0.473. The van der Waals surface area contributed by atoms with Crippen LogP contribution in [-0.4, -0.2) is 9.55 Å². The van der Waals surface area contributed by atoms with E-state index in [1.54, 1.807) is 10.6 Å². The van der Waals surface area contributed by atoms with Crippen LogP contribution in [-0.2, 0) is 6.54 Å². The van der Waals surface area contributed by atoms with E-state index in [0.29, 0.717) is 22.5 Å². The number of rotatable bonds is 2. The molecule has 4 nitrogen and oxygen atoms in total. The van der Waals surface area contributed by atoms with Crippen LogP contribution < -0.4 is 5.73 Å². The van der Waals surface area contributed by atoms with Crippen LogP contribution in [0.15, 0.2) is 33.2 Å². The summed E-state index contributed by atoms with van der Waals surface area (Å²) < 4.78 is 21.2. The lowest BCUT2D eigenvalue weighted by Gasteiger charge is -2.04. The van der Waals surface area contributed by atoms with Gasteiger partial charge in [0.15, 0.2) is 0 Å². The molecule has 3 aromatic rings. The number of anilines is 1. The normalized spacial score (nSPS) is 11.3. The van der Waals surface area contributed by atoms with E-state index >= 15 is 0 Å². The Labute approximate surface area is 117 Å². The summed E-state index contributed by atoms with van der Waals surface area (Å²) in [5.41, 5.74) is 7.17. The Morgan fingerprint density at radius 1 is 1.42 bits per heavy atom. The van der Waals surface area contributed by atoms with E-state index in [9.17, 15) is 4.39 Å². The number of nitrogens with two attached hydrogens (primary N) is 1. The van der Waals surface area contributed by atoms with E-state index < -0.39 is 0 Å². The van der Waals surface area contributed by atoms with Crippen molar-refractivity contribution >= 4 is 32.9 Å². The molecule has 3 rings (SSSR count). The Bertz CT molecular complexity index is 763. The van der Waals surface area contributed by atoms with E-state index in [-0.39, 0.29) is 5.82 Å². The van der Waals surface area contributed by atoms with Crippen LogP contribution in [0.4, 0.5) is 10.3 Å². The fourth-order valence-electron chi connectivity index (χ4n) is 2.03. The van der Waals surface area contributed by atoms with Gasteiger partial charge >= 0.3 is 0 Å². The van der Waals surface area contributed by atoms with Crippen molar-refractivity contribution in [1.82, 2.24) is 9.55 Å². The minimum atomic E-state index is -0.356. The average Bonchev–Trinajstić information content (AvgIpc) is 2.87. The van der Waals surface area contributed by atoms with Crippen molar-refractivity contribution in [3.05, 3.63) is 46.1 Å². The highest BCUT2D eigenvalue weighted by Gasteiger charge is 2.13. The van der Waals surface area contributed by atoms with Crippen molar-refractivity contribution < 1.29 is 8.81 Å². The summed E-state index contributed by atoms with van der Waals surface area (Å²) in [7, 11) is 0. The van der Waals surface area contributed by atoms with Crippen LogP contribution in [0.1, 0.15) is 11.5 Å². The van der Waals surface area contributed by atoms with Crippen molar-refractivity contribution in [3.8, 4) is 0 Å². The Balaban J connectivity index is 2.12. The van der Waals surface area contributed by atoms with Crippen molar-refractivity contribution in [2.75, 3.05) is 5.73 Å². The van der Waals surface area contributed by atoms with Gasteiger partial charge < -0.3 is 14.7 Å².